The molecule has 0 unspecified atom stereocenters. The Hall–Kier alpha value is -2.88. The van der Waals surface area contributed by atoms with Crippen LogP contribution in [0, 0.1) is 31.6 Å². The lowest BCUT2D eigenvalue weighted by atomic mass is 9.93. The third-order valence-corrected chi connectivity index (χ3v) is 6.79. The monoisotopic (exact) mass is 522 g/mol. The molecule has 1 aromatic heterocycles. The van der Waals surface area contributed by atoms with E-state index in [4.69, 9.17) is 9.15 Å². The van der Waals surface area contributed by atoms with Gasteiger partial charge in [0.25, 0.3) is 0 Å². The number of carbonyl (C=O) groups excluding carboxylic acids is 1. The van der Waals surface area contributed by atoms with Gasteiger partial charge in [0.15, 0.2) is 5.78 Å². The Morgan fingerprint density at radius 1 is 0.921 bits per heavy atom. The number of allylic oxidation sites excluding steroid dienone is 10. The van der Waals surface area contributed by atoms with Crippen LogP contribution >= 0.6 is 0 Å². The van der Waals surface area contributed by atoms with Gasteiger partial charge >= 0.3 is 5.63 Å². The van der Waals surface area contributed by atoms with Gasteiger partial charge in [-0.1, -0.05) is 81.2 Å². The van der Waals surface area contributed by atoms with Crippen LogP contribution in [-0.2, 0) is 4.79 Å². The van der Waals surface area contributed by atoms with Crippen molar-refractivity contribution in [2.75, 3.05) is 7.11 Å². The molecule has 1 aromatic rings. The number of hydrogen-bond donors (Lipinski definition) is 0. The van der Waals surface area contributed by atoms with Gasteiger partial charge < -0.3 is 9.15 Å². The van der Waals surface area contributed by atoms with Crippen molar-refractivity contribution in [3.05, 3.63) is 80.0 Å². The van der Waals surface area contributed by atoms with E-state index < -0.39 is 0 Å². The molecular formula is C34H50O4. The standard InChI is InChI=1S/C34H50O4/c1-13-14-26(7)31(35)27(8)19-24(5)17-22(3)15-21(2)16-23(4)18-25(6)20-28(9)32-29(10)33(37-12)30(11)34(36)38-32/h15-17,19-20,24-26H,13-14,18H2,1-12H3/b21-15+,22-17+,23-16+,27-19+,28-20+/t24-,25+,26+/m0/s1. The molecule has 0 fully saturated rings. The van der Waals surface area contributed by atoms with Crippen LogP contribution in [0.2, 0.25) is 0 Å². The first-order valence-corrected chi connectivity index (χ1v) is 13.8. The molecule has 0 spiro atoms. The average molecular weight is 523 g/mol. The lowest BCUT2D eigenvalue weighted by molar-refractivity contribution is -0.118. The van der Waals surface area contributed by atoms with E-state index in [1.807, 2.05) is 27.7 Å². The first kappa shape index (κ1) is 33.1. The minimum Gasteiger partial charge on any atom is -0.496 e. The molecule has 0 saturated carbocycles. The van der Waals surface area contributed by atoms with Gasteiger partial charge in [-0.2, -0.15) is 0 Å². The van der Waals surface area contributed by atoms with E-state index in [1.165, 1.54) is 16.7 Å². The molecule has 1 rings (SSSR count). The fourth-order valence-corrected chi connectivity index (χ4v) is 5.26. The van der Waals surface area contributed by atoms with Gasteiger partial charge in [0.1, 0.15) is 11.5 Å². The molecule has 4 nitrogen and oxygen atoms in total. The first-order valence-electron chi connectivity index (χ1n) is 13.8. The number of rotatable bonds is 13. The highest BCUT2D eigenvalue weighted by Crippen LogP contribution is 2.29. The Balaban J connectivity index is 2.95. The van der Waals surface area contributed by atoms with E-state index in [2.05, 4.69) is 71.9 Å². The predicted octanol–water partition coefficient (Wildman–Crippen LogP) is 9.12. The molecule has 210 valence electrons. The zero-order chi connectivity index (χ0) is 29.2. The Labute approximate surface area is 231 Å². The van der Waals surface area contributed by atoms with E-state index in [0.717, 1.165) is 36.0 Å². The van der Waals surface area contributed by atoms with Crippen LogP contribution in [0.3, 0.4) is 0 Å². The molecule has 0 aliphatic carbocycles. The number of methoxy groups -OCH3 is 1. The largest absolute Gasteiger partial charge is 0.496 e. The highest BCUT2D eigenvalue weighted by atomic mass is 16.5. The maximum atomic E-state index is 12.5. The number of carbonyl (C=O) groups is 1. The number of Topliss-reactive ketones (excluding diaryl/α,β-unsaturated/α-hetero) is 1. The summed E-state index contributed by atoms with van der Waals surface area (Å²) in [6, 6.07) is 0. The predicted molar refractivity (Wildman–Crippen MR) is 162 cm³/mol. The molecule has 0 N–H and O–H groups in total. The van der Waals surface area contributed by atoms with Gasteiger partial charge in [-0.25, -0.2) is 4.79 Å². The summed E-state index contributed by atoms with van der Waals surface area (Å²) < 4.78 is 11.0. The lowest BCUT2D eigenvalue weighted by Crippen LogP contribution is -2.12. The summed E-state index contributed by atoms with van der Waals surface area (Å²) in [6.07, 6.45) is 13.7. The van der Waals surface area contributed by atoms with Crippen LogP contribution in [0.25, 0.3) is 5.57 Å². The molecule has 4 heteroatoms. The van der Waals surface area contributed by atoms with Crippen molar-refractivity contribution in [3.63, 3.8) is 0 Å². The summed E-state index contributed by atoms with van der Waals surface area (Å²) in [7, 11) is 1.58. The summed E-state index contributed by atoms with van der Waals surface area (Å²) in [5.41, 5.74) is 6.42. The smallest absolute Gasteiger partial charge is 0.342 e. The average Bonchev–Trinajstić information content (AvgIpc) is 2.80. The van der Waals surface area contributed by atoms with Crippen molar-refractivity contribution in [1.29, 1.82) is 0 Å². The second kappa shape index (κ2) is 15.5. The van der Waals surface area contributed by atoms with Crippen molar-refractivity contribution >= 4 is 11.4 Å². The van der Waals surface area contributed by atoms with Crippen LogP contribution in [0.4, 0.5) is 0 Å². The Bertz CT molecular complexity index is 1180. The molecule has 0 aliphatic rings. The molecule has 1 heterocycles. The molecule has 0 saturated heterocycles. The van der Waals surface area contributed by atoms with Gasteiger partial charge in [0.05, 0.1) is 12.7 Å². The minimum absolute atomic E-state index is 0.0899. The molecule has 0 bridgehead atoms. The minimum atomic E-state index is -0.360. The molecule has 3 atom stereocenters. The SMILES string of the molecule is CCC[C@@H](C)C(=O)/C(C)=C/[C@@H](C)/C=C(C)/C=C(C)/C=C(\C)C[C@@H](C)/C=C(\C)c1oc(=O)c(C)c(OC)c1C. The molecule has 0 aromatic carbocycles. The first-order chi connectivity index (χ1) is 17.7. The van der Waals surface area contributed by atoms with Gasteiger partial charge in [0.2, 0.25) is 0 Å². The van der Waals surface area contributed by atoms with E-state index in [-0.39, 0.29) is 29.2 Å². The Morgan fingerprint density at radius 2 is 1.55 bits per heavy atom. The van der Waals surface area contributed by atoms with Crippen molar-refractivity contribution in [1.82, 2.24) is 0 Å². The summed E-state index contributed by atoms with van der Waals surface area (Å²) in [6.45, 7) is 22.3. The molecular weight excluding hydrogens is 472 g/mol. The van der Waals surface area contributed by atoms with Crippen LogP contribution in [-0.4, -0.2) is 12.9 Å². The number of ether oxygens (including phenoxy) is 1. The van der Waals surface area contributed by atoms with Crippen LogP contribution in [0.15, 0.2) is 61.9 Å². The van der Waals surface area contributed by atoms with E-state index in [9.17, 15) is 9.59 Å². The Morgan fingerprint density at radius 3 is 2.13 bits per heavy atom. The summed E-state index contributed by atoms with van der Waals surface area (Å²) >= 11 is 0. The zero-order valence-electron chi connectivity index (χ0n) is 25.9. The molecule has 0 radical (unpaired) electrons. The van der Waals surface area contributed by atoms with Crippen molar-refractivity contribution in [2.24, 2.45) is 17.8 Å². The Kier molecular flexibility index (Phi) is 13.5. The lowest BCUT2D eigenvalue weighted by Gasteiger charge is -2.13. The van der Waals surface area contributed by atoms with E-state index >= 15 is 0 Å². The fraction of sp³-hybridized carbons (Fsp3) is 0.529. The van der Waals surface area contributed by atoms with E-state index in [0.29, 0.717) is 17.1 Å². The van der Waals surface area contributed by atoms with Gasteiger partial charge in [0, 0.05) is 11.5 Å². The summed E-state index contributed by atoms with van der Waals surface area (Å²) in [4.78, 5) is 24.8. The maximum Gasteiger partial charge on any atom is 0.342 e. The number of hydrogen-bond acceptors (Lipinski definition) is 4. The van der Waals surface area contributed by atoms with Gasteiger partial charge in [-0.15, -0.1) is 0 Å². The maximum absolute atomic E-state index is 12.5. The van der Waals surface area contributed by atoms with Crippen LogP contribution in [0.1, 0.15) is 98.5 Å². The topological polar surface area (TPSA) is 56.5 Å². The second-order valence-electron chi connectivity index (χ2n) is 11.1. The molecule has 38 heavy (non-hydrogen) atoms. The van der Waals surface area contributed by atoms with Crippen LogP contribution in [0.5, 0.6) is 5.75 Å². The van der Waals surface area contributed by atoms with Crippen molar-refractivity contribution < 1.29 is 13.9 Å². The highest BCUT2D eigenvalue weighted by molar-refractivity contribution is 5.96. The normalized spacial score (nSPS) is 16.4. The summed E-state index contributed by atoms with van der Waals surface area (Å²) in [5, 5.41) is 0. The van der Waals surface area contributed by atoms with Crippen molar-refractivity contribution in [2.45, 2.75) is 95.4 Å². The zero-order valence-corrected chi connectivity index (χ0v) is 25.9. The highest BCUT2D eigenvalue weighted by Gasteiger charge is 2.16. The van der Waals surface area contributed by atoms with Gasteiger partial charge in [-0.05, 0) is 84.3 Å². The molecule has 0 aliphatic heterocycles. The third-order valence-electron chi connectivity index (χ3n) is 6.79. The van der Waals surface area contributed by atoms with Crippen LogP contribution < -0.4 is 10.4 Å². The fourth-order valence-electron chi connectivity index (χ4n) is 5.26. The third kappa shape index (κ3) is 10.1. The van der Waals surface area contributed by atoms with E-state index in [1.54, 1.807) is 14.0 Å². The quantitative estimate of drug-likeness (QED) is 0.191. The molecule has 0 amide bonds. The summed E-state index contributed by atoms with van der Waals surface area (Å²) in [5.74, 6) is 1.99. The van der Waals surface area contributed by atoms with Gasteiger partial charge in [-0.3, -0.25) is 4.79 Å². The number of ketones is 1. The van der Waals surface area contributed by atoms with Crippen molar-refractivity contribution in [3.8, 4) is 5.75 Å². The second-order valence-corrected chi connectivity index (χ2v) is 11.1.